The van der Waals surface area contributed by atoms with E-state index in [-0.39, 0.29) is 11.5 Å². The number of benzene rings is 11. The largest absolute Gasteiger partial charge is 0.463 e. The first-order valence-electron chi connectivity index (χ1n) is 33.9. The first-order valence-corrected chi connectivity index (χ1v) is 40.2. The molecule has 0 radical (unpaired) electrons. The Morgan fingerprint density at radius 2 is 0.510 bits per heavy atom. The highest BCUT2D eigenvalue weighted by Crippen LogP contribution is 2.70. The number of nitrogens with zero attached hydrogens (tertiary/aromatic N) is 1. The summed E-state index contributed by atoms with van der Waals surface area (Å²) in [5.74, 6) is 3.36. The Morgan fingerprint density at radius 1 is 0.314 bits per heavy atom. The van der Waals surface area contributed by atoms with Crippen molar-refractivity contribution in [1.29, 1.82) is 0 Å². The van der Waals surface area contributed by atoms with E-state index in [1.165, 1.54) is 4.60 Å². The molecule has 518 valence electrons. The Morgan fingerprint density at radius 3 is 0.725 bits per heavy atom. The van der Waals surface area contributed by atoms with Crippen LogP contribution in [0, 0.1) is 0 Å². The third-order valence-corrected chi connectivity index (χ3v) is 27.3. The molecule has 0 atom stereocenters. The standard InChI is InChI=1S/C86H82NO10P3S2/c1-81(2)61-17-23-64(24-18-61)84(7,8)70-35-51-78(52-36-70)95-100(102)96-79-53-37-71(38-54-79)85(9,10)65-25-19-62(20-26-65)82(3,4)68-31-47-74(48-32-68)91-98(92-75-49-33-69(34-50-75)83(5,6)63-21-27-66(28-22-63)86(11,12)72-39-55-80(97-100)56-40-72)87(90-73-45-29-67(81)30-46-73)99(101,93-76-41-13-59(57-88)14-42-76)94-77-43-15-60(58-89)16-44-77/h13-58H,1-12H3. The zero-order valence-electron chi connectivity index (χ0n) is 59.2. The van der Waals surface area contributed by atoms with Crippen molar-refractivity contribution >= 4 is 59.8 Å². The second kappa shape index (κ2) is 28.0. The Bertz CT molecular complexity index is 4550. The fourth-order valence-corrected chi connectivity index (χ4v) is 19.5. The van der Waals surface area contributed by atoms with Crippen molar-refractivity contribution in [3.05, 3.63) is 345 Å². The number of hydrogen-bond donors (Lipinski definition) is 0. The Hall–Kier alpha value is -8.89. The van der Waals surface area contributed by atoms with Gasteiger partial charge in [0.1, 0.15) is 28.7 Å². The van der Waals surface area contributed by atoms with Gasteiger partial charge in [0.05, 0.1) is 0 Å². The van der Waals surface area contributed by atoms with Crippen LogP contribution in [-0.2, 0) is 57.0 Å². The maximum atomic E-state index is 12.1. The molecular weight excluding hydrogens is 1360 g/mol. The van der Waals surface area contributed by atoms with E-state index >= 15 is 0 Å². The first-order chi connectivity index (χ1) is 48.5. The van der Waals surface area contributed by atoms with E-state index in [4.69, 9.17) is 61.0 Å². The lowest BCUT2D eigenvalue weighted by Crippen LogP contribution is -2.31. The Balaban J connectivity index is 0.997. The van der Waals surface area contributed by atoms with Crippen LogP contribution in [0.3, 0.4) is 0 Å². The molecule has 0 amide bonds. The molecule has 30 aliphatic rings. The highest BCUT2D eigenvalue weighted by molar-refractivity contribution is 8.38. The predicted octanol–water partition coefficient (Wildman–Crippen LogP) is 23.0. The summed E-state index contributed by atoms with van der Waals surface area (Å²) in [6.07, 6.45) is 1.51. The van der Waals surface area contributed by atoms with Crippen LogP contribution in [0.5, 0.6) is 46.0 Å². The van der Waals surface area contributed by atoms with Crippen molar-refractivity contribution in [2.24, 2.45) is 0 Å². The van der Waals surface area contributed by atoms with Gasteiger partial charge in [-0.3, -0.25) is 23.2 Å². The second-order valence-corrected chi connectivity index (χ2v) is 36.5. The van der Waals surface area contributed by atoms with Crippen molar-refractivity contribution in [2.45, 2.75) is 116 Å². The summed E-state index contributed by atoms with van der Waals surface area (Å²) < 4.78 is 50.2. The molecule has 0 aromatic heterocycles. The maximum Gasteiger partial charge on any atom is 0.463 e. The minimum atomic E-state index is -4.15. The quantitative estimate of drug-likeness (QED) is 0.0858. The number of rotatable bonds is 7. The molecular formula is C86H82NO10P3S2. The highest BCUT2D eigenvalue weighted by atomic mass is 32.7. The van der Waals surface area contributed by atoms with Gasteiger partial charge >= 0.3 is 22.7 Å². The van der Waals surface area contributed by atoms with E-state index < -0.39 is 55.2 Å². The lowest BCUT2D eigenvalue weighted by molar-refractivity contribution is 0.0944. The van der Waals surface area contributed by atoms with E-state index in [0.29, 0.717) is 45.6 Å². The molecule has 41 rings (SSSR count). The van der Waals surface area contributed by atoms with E-state index in [1.54, 1.807) is 48.5 Å². The van der Waals surface area contributed by atoms with E-state index in [0.717, 1.165) is 79.3 Å². The summed E-state index contributed by atoms with van der Waals surface area (Å²) >= 11 is 13.2. The zero-order chi connectivity index (χ0) is 72.0. The van der Waals surface area contributed by atoms with Gasteiger partial charge in [-0.2, -0.15) is 0 Å². The molecule has 102 heavy (non-hydrogen) atoms. The van der Waals surface area contributed by atoms with Crippen molar-refractivity contribution in [1.82, 2.24) is 4.60 Å². The molecule has 0 aliphatic carbocycles. The third-order valence-electron chi connectivity index (χ3n) is 20.5. The summed E-state index contributed by atoms with van der Waals surface area (Å²) in [5.41, 5.74) is 11.1. The average Bonchev–Trinajstić information content (AvgIpc) is 0.790. The summed E-state index contributed by atoms with van der Waals surface area (Å²) in [6.45, 7) is 26.5. The molecule has 11 nitrogen and oxygen atoms in total. The molecule has 11 aromatic carbocycles. The van der Waals surface area contributed by atoms with Gasteiger partial charge in [0.15, 0.2) is 34.5 Å². The lowest BCUT2D eigenvalue weighted by Gasteiger charge is -2.37. The fraction of sp³-hybridized carbons (Fsp3) is 0.209. The molecule has 0 saturated heterocycles. The SMILES string of the molecule is CC1(C)c2ccc(cc2)ON([P+]([S-])(Oc2ccc(C=O)cc2)Oc2ccc(C=O)cc2)P2Oc3ccc(cc3)C(C)(C)c3ccc(cc3)C(C)(C)c3ccc(cc3)O[P+]([S-])(Oc3ccc(cc3)C(C)(C)c3ccc1cc3)Oc1ccc(cc1)C(C)(C)c1ccc(cc1)C(C)(C)c1ccc(cc1)O2. The molecule has 16 heteroatoms. The van der Waals surface area contributed by atoms with Gasteiger partial charge in [0.2, 0.25) is 0 Å². The van der Waals surface area contributed by atoms with Crippen molar-refractivity contribution in [2.75, 3.05) is 0 Å². The van der Waals surface area contributed by atoms with E-state index in [1.807, 2.05) is 84.9 Å². The molecule has 30 heterocycles. The van der Waals surface area contributed by atoms with E-state index in [2.05, 4.69) is 217 Å². The zero-order valence-corrected chi connectivity index (χ0v) is 63.6. The third kappa shape index (κ3) is 14.7. The predicted molar refractivity (Wildman–Crippen MR) is 417 cm³/mol. The average molecular weight is 1450 g/mol. The van der Waals surface area contributed by atoms with Gasteiger partial charge in [0.25, 0.3) is 0 Å². The molecule has 0 saturated carbocycles. The highest BCUT2D eigenvalue weighted by Gasteiger charge is 2.53. The molecule has 0 fully saturated rings. The normalized spacial score (nSPS) is 18.6. The molecule has 0 unspecified atom stereocenters. The van der Waals surface area contributed by atoms with Crippen LogP contribution < -0.4 is 36.5 Å². The van der Waals surface area contributed by atoms with Crippen LogP contribution >= 0.6 is 22.7 Å². The van der Waals surface area contributed by atoms with Gasteiger partial charge in [-0.25, -0.2) is 0 Å². The number of hydrogen-bond acceptors (Lipinski definition) is 13. The molecule has 20 bridgehead atoms. The van der Waals surface area contributed by atoms with Gasteiger partial charge in [-0.05, 0) is 188 Å². The summed E-state index contributed by atoms with van der Waals surface area (Å²) in [5, 5.41) is 0. The van der Waals surface area contributed by atoms with Crippen LogP contribution in [-0.4, -0.2) is 17.2 Å². The monoisotopic (exact) mass is 1450 g/mol. The second-order valence-electron chi connectivity index (χ2n) is 29.1. The molecule has 11 aromatic rings. The number of aldehydes is 2. The van der Waals surface area contributed by atoms with Crippen LogP contribution in [0.1, 0.15) is 171 Å². The summed E-state index contributed by atoms with van der Waals surface area (Å²) in [7, 11) is -10.3. The van der Waals surface area contributed by atoms with Crippen LogP contribution in [0.2, 0.25) is 0 Å². The number of carbonyl (C=O) groups excluding carboxylic acids is 2. The molecule has 0 spiro atoms. The number of carbonyl (C=O) groups is 2. The Kier molecular flexibility index (Phi) is 19.7. The van der Waals surface area contributed by atoms with Crippen LogP contribution in [0.4, 0.5) is 0 Å². The van der Waals surface area contributed by atoms with Crippen molar-refractivity contribution < 1.29 is 46.1 Å². The van der Waals surface area contributed by atoms with Gasteiger partial charge in [0, 0.05) is 43.6 Å². The Labute approximate surface area is 612 Å². The molecule has 0 N–H and O–H groups in total. The van der Waals surface area contributed by atoms with Crippen molar-refractivity contribution in [3.8, 4) is 46.0 Å². The fourth-order valence-electron chi connectivity index (χ4n) is 13.1. The first kappa shape index (κ1) is 71.5. The van der Waals surface area contributed by atoms with E-state index in [9.17, 15) is 9.59 Å². The van der Waals surface area contributed by atoms with Crippen molar-refractivity contribution in [3.63, 3.8) is 0 Å². The van der Waals surface area contributed by atoms with Gasteiger partial charge in [-0.1, -0.05) is 229 Å². The molecule has 30 aliphatic heterocycles. The smallest absolute Gasteiger partial charge is 0.448 e. The minimum absolute atomic E-state index is 0.283. The van der Waals surface area contributed by atoms with Crippen LogP contribution in [0.15, 0.2) is 267 Å². The van der Waals surface area contributed by atoms with Crippen LogP contribution in [0.25, 0.3) is 0 Å². The summed E-state index contributed by atoms with van der Waals surface area (Å²) in [6, 6.07) is 87.4. The minimum Gasteiger partial charge on any atom is -0.448 e. The van der Waals surface area contributed by atoms with Gasteiger partial charge < -0.3 is 47.4 Å². The lowest BCUT2D eigenvalue weighted by atomic mass is 9.74. The maximum absolute atomic E-state index is 12.1. The summed E-state index contributed by atoms with van der Waals surface area (Å²) in [4.78, 5) is 31.3. The topological polar surface area (TPSA) is 111 Å². The van der Waals surface area contributed by atoms with Gasteiger partial charge in [-0.15, -0.1) is 0 Å².